The van der Waals surface area contributed by atoms with Crippen LogP contribution in [0.15, 0.2) is 64.9 Å². The minimum Gasteiger partial charge on any atom is -0.545 e. The number of aryl methyl sites for hydroxylation is 2. The van der Waals surface area contributed by atoms with Crippen LogP contribution in [-0.4, -0.2) is 28.1 Å². The molecule has 3 aromatic rings. The zero-order valence-electron chi connectivity index (χ0n) is 16.5. The van der Waals surface area contributed by atoms with Crippen molar-refractivity contribution in [2.45, 2.75) is 24.8 Å². The lowest BCUT2D eigenvalue weighted by Crippen LogP contribution is -2.22. The zero-order valence-corrected chi connectivity index (χ0v) is 17.3. The van der Waals surface area contributed by atoms with Gasteiger partial charge in [0.05, 0.1) is 12.2 Å². The number of nitrogens with one attached hydrogen (secondary N) is 1. The predicted molar refractivity (Wildman–Crippen MR) is 113 cm³/mol. The molecule has 0 radical (unpaired) electrons. The minimum absolute atomic E-state index is 0.0820. The maximum Gasteiger partial charge on any atom is 0.271 e. The van der Waals surface area contributed by atoms with E-state index in [2.05, 4.69) is 20.5 Å². The molecule has 0 spiro atoms. The van der Waals surface area contributed by atoms with Gasteiger partial charge < -0.3 is 9.90 Å². The van der Waals surface area contributed by atoms with Gasteiger partial charge in [-0.15, -0.1) is 0 Å². The summed E-state index contributed by atoms with van der Waals surface area (Å²) >= 11 is 1.54. The highest BCUT2D eigenvalue weighted by Gasteiger charge is 2.06. The van der Waals surface area contributed by atoms with Crippen molar-refractivity contribution in [3.05, 3.63) is 88.2 Å². The fourth-order valence-corrected chi connectivity index (χ4v) is 3.50. The molecular formula is C22H19N4O3S-. The topological polar surface area (TPSA) is 107 Å². The van der Waals surface area contributed by atoms with Crippen LogP contribution in [0.2, 0.25) is 0 Å². The van der Waals surface area contributed by atoms with Crippen LogP contribution in [0.25, 0.3) is 0 Å². The van der Waals surface area contributed by atoms with Crippen LogP contribution in [0.5, 0.6) is 0 Å². The number of rotatable bonds is 7. The molecule has 1 aromatic heterocycles. The number of carbonyl (C=O) groups is 2. The number of aromatic carboxylic acids is 1. The van der Waals surface area contributed by atoms with Crippen molar-refractivity contribution < 1.29 is 14.7 Å². The molecule has 0 aliphatic heterocycles. The van der Waals surface area contributed by atoms with Crippen molar-refractivity contribution in [2.24, 2.45) is 5.10 Å². The Morgan fingerprint density at radius 2 is 1.60 bits per heavy atom. The largest absolute Gasteiger partial charge is 0.545 e. The van der Waals surface area contributed by atoms with E-state index in [9.17, 15) is 14.7 Å². The molecule has 152 valence electrons. The van der Waals surface area contributed by atoms with Crippen LogP contribution in [-0.2, 0) is 5.75 Å². The summed E-state index contributed by atoms with van der Waals surface area (Å²) in [5.41, 5.74) is 6.60. The lowest BCUT2D eigenvalue weighted by atomic mass is 10.1. The van der Waals surface area contributed by atoms with E-state index in [1.807, 2.05) is 32.0 Å². The van der Waals surface area contributed by atoms with Gasteiger partial charge in [0.2, 0.25) is 0 Å². The third-order valence-corrected chi connectivity index (χ3v) is 4.99. The summed E-state index contributed by atoms with van der Waals surface area (Å²) in [6, 6.07) is 15.1. The molecule has 0 bridgehead atoms. The van der Waals surface area contributed by atoms with Gasteiger partial charge in [0.1, 0.15) is 0 Å². The average molecular weight is 419 g/mol. The summed E-state index contributed by atoms with van der Waals surface area (Å²) in [6.45, 7) is 3.88. The van der Waals surface area contributed by atoms with Crippen molar-refractivity contribution >= 4 is 29.9 Å². The zero-order chi connectivity index (χ0) is 21.5. The van der Waals surface area contributed by atoms with Gasteiger partial charge in [0, 0.05) is 22.7 Å². The molecule has 0 fully saturated rings. The maximum absolute atomic E-state index is 12.2. The van der Waals surface area contributed by atoms with Crippen molar-refractivity contribution in [1.82, 2.24) is 15.4 Å². The van der Waals surface area contributed by atoms with Crippen LogP contribution >= 0.6 is 11.8 Å². The molecule has 1 amide bonds. The smallest absolute Gasteiger partial charge is 0.271 e. The number of carbonyl (C=O) groups excluding carboxylic acids is 2. The highest BCUT2D eigenvalue weighted by atomic mass is 32.2. The molecule has 1 N–H and O–H groups in total. The Morgan fingerprint density at radius 1 is 1.00 bits per heavy atom. The Bertz CT molecular complexity index is 1060. The summed E-state index contributed by atoms with van der Waals surface area (Å²) in [6.07, 6.45) is 1.44. The second kappa shape index (κ2) is 9.80. The van der Waals surface area contributed by atoms with Gasteiger partial charge in [-0.2, -0.15) is 5.10 Å². The summed E-state index contributed by atoms with van der Waals surface area (Å²) in [5, 5.41) is 15.4. The minimum atomic E-state index is -1.24. The first kappa shape index (κ1) is 21.2. The van der Waals surface area contributed by atoms with E-state index in [0.29, 0.717) is 16.9 Å². The summed E-state index contributed by atoms with van der Waals surface area (Å²) < 4.78 is 0. The summed E-state index contributed by atoms with van der Waals surface area (Å²) in [7, 11) is 0. The number of hydrogen-bond donors (Lipinski definition) is 1. The number of hydrazone groups is 1. The van der Waals surface area contributed by atoms with E-state index in [-0.39, 0.29) is 11.5 Å². The molecule has 0 unspecified atom stereocenters. The molecule has 3 rings (SSSR count). The molecule has 30 heavy (non-hydrogen) atoms. The van der Waals surface area contributed by atoms with Gasteiger partial charge in [0.15, 0.2) is 5.16 Å². The van der Waals surface area contributed by atoms with Gasteiger partial charge in [0.25, 0.3) is 5.91 Å². The Kier molecular flexibility index (Phi) is 6.92. The van der Waals surface area contributed by atoms with E-state index < -0.39 is 5.97 Å². The maximum atomic E-state index is 12.2. The number of nitrogens with zero attached hydrogens (tertiary/aromatic N) is 3. The number of hydrogen-bond acceptors (Lipinski definition) is 7. The van der Waals surface area contributed by atoms with Crippen molar-refractivity contribution in [1.29, 1.82) is 0 Å². The highest BCUT2D eigenvalue weighted by molar-refractivity contribution is 7.98. The first-order valence-corrected chi connectivity index (χ1v) is 10.1. The van der Waals surface area contributed by atoms with Crippen LogP contribution in [0.1, 0.15) is 43.2 Å². The van der Waals surface area contributed by atoms with E-state index in [0.717, 1.165) is 22.1 Å². The molecule has 0 aliphatic carbocycles. The Balaban J connectivity index is 1.53. The molecule has 0 aliphatic rings. The highest BCUT2D eigenvalue weighted by Crippen LogP contribution is 2.20. The van der Waals surface area contributed by atoms with Crippen molar-refractivity contribution in [3.8, 4) is 0 Å². The lowest BCUT2D eigenvalue weighted by molar-refractivity contribution is -0.255. The molecule has 7 nitrogen and oxygen atoms in total. The van der Waals surface area contributed by atoms with E-state index in [4.69, 9.17) is 0 Å². The SMILES string of the molecule is Cc1cc(C)nc(SCc2ccc(C(=O)N/N=C\c3ccc(C(=O)[O-])cc3)cc2)n1. The number of thioether (sulfide) groups is 1. The number of amides is 1. The normalized spacial score (nSPS) is 10.9. The summed E-state index contributed by atoms with van der Waals surface area (Å²) in [5.74, 6) is -0.880. The molecule has 0 atom stereocenters. The number of carboxylic acids is 1. The van der Waals surface area contributed by atoms with Gasteiger partial charge in [-0.1, -0.05) is 48.2 Å². The molecule has 0 saturated carbocycles. The van der Waals surface area contributed by atoms with Crippen molar-refractivity contribution in [2.75, 3.05) is 0 Å². The van der Waals surface area contributed by atoms with Gasteiger partial charge in [-0.05, 0) is 48.7 Å². The van der Waals surface area contributed by atoms with Crippen LogP contribution in [0.3, 0.4) is 0 Å². The van der Waals surface area contributed by atoms with E-state index in [1.54, 1.807) is 36.0 Å². The van der Waals surface area contributed by atoms with Gasteiger partial charge >= 0.3 is 0 Å². The van der Waals surface area contributed by atoms with Crippen LogP contribution in [0.4, 0.5) is 0 Å². The first-order chi connectivity index (χ1) is 14.4. The number of aromatic nitrogens is 2. The van der Waals surface area contributed by atoms with Crippen LogP contribution < -0.4 is 10.5 Å². The standard InChI is InChI=1S/C22H20N4O3S/c1-14-11-15(2)25-22(24-14)30-13-17-5-7-18(8-6-17)20(27)26-23-12-16-3-9-19(10-4-16)21(28)29/h3-12H,13H2,1-2H3,(H,26,27)(H,28,29)/p-1/b23-12-. The Hall–Kier alpha value is -3.52. The van der Waals surface area contributed by atoms with Crippen LogP contribution in [0, 0.1) is 13.8 Å². The Morgan fingerprint density at radius 3 is 2.20 bits per heavy atom. The number of carboxylic acid groups (broad SMARTS) is 1. The predicted octanol–water partition coefficient (Wildman–Crippen LogP) is 2.51. The van der Waals surface area contributed by atoms with Gasteiger partial charge in [-0.3, -0.25) is 4.79 Å². The third kappa shape index (κ3) is 5.99. The quantitative estimate of drug-likeness (QED) is 0.273. The Labute approximate surface area is 178 Å². The fourth-order valence-electron chi connectivity index (χ4n) is 2.59. The molecular weight excluding hydrogens is 400 g/mol. The van der Waals surface area contributed by atoms with E-state index in [1.165, 1.54) is 18.3 Å². The molecule has 2 aromatic carbocycles. The molecule has 8 heteroatoms. The second-order valence-electron chi connectivity index (χ2n) is 6.53. The average Bonchev–Trinajstić information content (AvgIpc) is 2.72. The van der Waals surface area contributed by atoms with Crippen molar-refractivity contribution in [3.63, 3.8) is 0 Å². The monoisotopic (exact) mass is 419 g/mol. The first-order valence-electron chi connectivity index (χ1n) is 9.09. The second-order valence-corrected chi connectivity index (χ2v) is 7.47. The summed E-state index contributed by atoms with van der Waals surface area (Å²) in [4.78, 5) is 31.7. The molecule has 0 saturated heterocycles. The lowest BCUT2D eigenvalue weighted by Gasteiger charge is -2.05. The van der Waals surface area contributed by atoms with E-state index >= 15 is 0 Å². The third-order valence-electron chi connectivity index (χ3n) is 4.07. The molecule has 1 heterocycles. The number of benzene rings is 2. The fraction of sp³-hybridized carbons (Fsp3) is 0.136. The van der Waals surface area contributed by atoms with Gasteiger partial charge in [-0.25, -0.2) is 15.4 Å².